The Bertz CT molecular complexity index is 1210. The molecule has 162 valence electrons. The van der Waals surface area contributed by atoms with Gasteiger partial charge >= 0.3 is 0 Å². The molecule has 3 aromatic carbocycles. The fourth-order valence-electron chi connectivity index (χ4n) is 2.83. The summed E-state index contributed by atoms with van der Waals surface area (Å²) >= 11 is 5.84. The lowest BCUT2D eigenvalue weighted by atomic mass is 10.1. The zero-order chi connectivity index (χ0) is 22.6. The van der Waals surface area contributed by atoms with E-state index in [9.17, 15) is 13.2 Å². The van der Waals surface area contributed by atoms with Gasteiger partial charge in [-0.15, -0.1) is 0 Å². The molecule has 0 saturated carbocycles. The van der Waals surface area contributed by atoms with Gasteiger partial charge in [0.1, 0.15) is 5.75 Å². The highest BCUT2D eigenvalue weighted by atomic mass is 35.5. The van der Waals surface area contributed by atoms with Gasteiger partial charge in [-0.2, -0.15) is 0 Å². The maximum atomic E-state index is 12.7. The van der Waals surface area contributed by atoms with Gasteiger partial charge in [-0.3, -0.25) is 9.52 Å². The molecule has 0 atom stereocenters. The molecule has 0 spiro atoms. The molecule has 2 N–H and O–H groups in total. The van der Waals surface area contributed by atoms with E-state index in [1.54, 1.807) is 37.3 Å². The Labute approximate surface area is 187 Å². The van der Waals surface area contributed by atoms with Crippen LogP contribution in [0.3, 0.4) is 0 Å². The normalized spacial score (nSPS) is 11.1. The third kappa shape index (κ3) is 5.99. The molecule has 31 heavy (non-hydrogen) atoms. The number of benzene rings is 3. The van der Waals surface area contributed by atoms with E-state index < -0.39 is 10.0 Å². The first-order valence-corrected chi connectivity index (χ1v) is 11.4. The van der Waals surface area contributed by atoms with E-state index >= 15 is 0 Å². The molecule has 0 bridgehead atoms. The number of sulfonamides is 1. The van der Waals surface area contributed by atoms with Crippen molar-refractivity contribution >= 4 is 38.9 Å². The number of carbonyl (C=O) groups is 1. The first-order valence-electron chi connectivity index (χ1n) is 9.53. The number of amides is 1. The number of carbonyl (C=O) groups excluding carboxylic acids is 1. The quantitative estimate of drug-likeness (QED) is 0.516. The van der Waals surface area contributed by atoms with Crippen LogP contribution in [0.5, 0.6) is 5.75 Å². The van der Waals surface area contributed by atoms with Crippen LogP contribution in [0.1, 0.15) is 16.7 Å². The standard InChI is InChI=1S/C23H23ClN2O4S/c1-15-4-5-17(3)22(12-15)30-14-23(27)25-21-13-20(11-6-16(21)2)31(28,29)26-19-9-7-18(24)8-10-19/h4-13,26H,14H2,1-3H3,(H,25,27). The number of aryl methyl sites for hydroxylation is 3. The SMILES string of the molecule is Cc1ccc(C)c(OCC(=O)Nc2cc(S(=O)(=O)Nc3ccc(Cl)cc3)ccc2C)c1. The maximum Gasteiger partial charge on any atom is 0.262 e. The fraction of sp³-hybridized carbons (Fsp3) is 0.174. The van der Waals surface area contributed by atoms with Gasteiger partial charge in [0, 0.05) is 16.4 Å². The van der Waals surface area contributed by atoms with Crippen molar-refractivity contribution < 1.29 is 17.9 Å². The summed E-state index contributed by atoms with van der Waals surface area (Å²) in [5.41, 5.74) is 3.47. The molecule has 0 saturated heterocycles. The third-order valence-electron chi connectivity index (χ3n) is 4.59. The minimum absolute atomic E-state index is 0.0267. The Morgan fingerprint density at radius 3 is 2.32 bits per heavy atom. The molecule has 0 radical (unpaired) electrons. The molecule has 8 heteroatoms. The van der Waals surface area contributed by atoms with E-state index in [2.05, 4.69) is 10.0 Å². The molecular formula is C23H23ClN2O4S. The minimum Gasteiger partial charge on any atom is -0.483 e. The van der Waals surface area contributed by atoms with E-state index in [4.69, 9.17) is 16.3 Å². The molecule has 0 aliphatic heterocycles. The van der Waals surface area contributed by atoms with Gasteiger partial charge in [-0.05, 0) is 79.9 Å². The summed E-state index contributed by atoms with van der Waals surface area (Å²) in [6.45, 7) is 5.44. The second-order valence-corrected chi connectivity index (χ2v) is 9.31. The lowest BCUT2D eigenvalue weighted by Crippen LogP contribution is -2.21. The number of anilines is 2. The Morgan fingerprint density at radius 2 is 1.61 bits per heavy atom. The first kappa shape index (κ1) is 22.7. The predicted molar refractivity (Wildman–Crippen MR) is 123 cm³/mol. The number of hydrogen-bond acceptors (Lipinski definition) is 4. The number of halogens is 1. The van der Waals surface area contributed by atoms with Crippen molar-refractivity contribution in [1.29, 1.82) is 0 Å². The van der Waals surface area contributed by atoms with Crippen molar-refractivity contribution in [1.82, 2.24) is 0 Å². The summed E-state index contributed by atoms with van der Waals surface area (Å²) < 4.78 is 33.6. The summed E-state index contributed by atoms with van der Waals surface area (Å²) in [6, 6.07) is 16.6. The molecule has 0 aliphatic carbocycles. The zero-order valence-electron chi connectivity index (χ0n) is 17.4. The van der Waals surface area contributed by atoms with Crippen LogP contribution >= 0.6 is 11.6 Å². The van der Waals surface area contributed by atoms with Crippen molar-refractivity contribution in [2.24, 2.45) is 0 Å². The Morgan fingerprint density at radius 1 is 0.935 bits per heavy atom. The van der Waals surface area contributed by atoms with Crippen LogP contribution in [0.25, 0.3) is 0 Å². The van der Waals surface area contributed by atoms with Gasteiger partial charge in [-0.1, -0.05) is 29.8 Å². The molecule has 0 fully saturated rings. The lowest BCUT2D eigenvalue weighted by molar-refractivity contribution is -0.118. The van der Waals surface area contributed by atoms with Crippen molar-refractivity contribution in [3.63, 3.8) is 0 Å². The van der Waals surface area contributed by atoms with Crippen molar-refractivity contribution in [3.8, 4) is 5.75 Å². The largest absolute Gasteiger partial charge is 0.483 e. The van der Waals surface area contributed by atoms with E-state index in [1.165, 1.54) is 12.1 Å². The molecule has 3 aromatic rings. The average molecular weight is 459 g/mol. The van der Waals surface area contributed by atoms with E-state index in [0.717, 1.165) is 16.7 Å². The van der Waals surface area contributed by atoms with E-state index in [1.807, 2.05) is 32.0 Å². The van der Waals surface area contributed by atoms with Crippen LogP contribution in [0.4, 0.5) is 11.4 Å². The van der Waals surface area contributed by atoms with Gasteiger partial charge in [0.25, 0.3) is 15.9 Å². The highest BCUT2D eigenvalue weighted by Gasteiger charge is 2.17. The van der Waals surface area contributed by atoms with Gasteiger partial charge < -0.3 is 10.1 Å². The van der Waals surface area contributed by atoms with Crippen LogP contribution in [0.15, 0.2) is 65.6 Å². The van der Waals surface area contributed by atoms with Crippen LogP contribution in [-0.2, 0) is 14.8 Å². The van der Waals surface area contributed by atoms with Crippen LogP contribution in [-0.4, -0.2) is 20.9 Å². The Kier molecular flexibility index (Phi) is 6.87. The van der Waals surface area contributed by atoms with E-state index in [0.29, 0.717) is 22.1 Å². The first-order chi connectivity index (χ1) is 14.6. The summed E-state index contributed by atoms with van der Waals surface area (Å²) in [7, 11) is -3.84. The number of nitrogens with one attached hydrogen (secondary N) is 2. The molecule has 0 aromatic heterocycles. The van der Waals surface area contributed by atoms with Gasteiger partial charge in [0.15, 0.2) is 6.61 Å². The summed E-state index contributed by atoms with van der Waals surface area (Å²) in [5, 5.41) is 3.23. The lowest BCUT2D eigenvalue weighted by Gasteiger charge is -2.13. The van der Waals surface area contributed by atoms with Gasteiger partial charge in [-0.25, -0.2) is 8.42 Å². The molecule has 0 aliphatic rings. The summed E-state index contributed by atoms with van der Waals surface area (Å²) in [4.78, 5) is 12.4. The Hall–Kier alpha value is -3.03. The molecule has 6 nitrogen and oxygen atoms in total. The highest BCUT2D eigenvalue weighted by Crippen LogP contribution is 2.24. The van der Waals surface area contributed by atoms with Crippen molar-refractivity contribution in [3.05, 3.63) is 82.4 Å². The second kappa shape index (κ2) is 9.41. The molecule has 0 heterocycles. The average Bonchev–Trinajstić information content (AvgIpc) is 2.71. The monoisotopic (exact) mass is 458 g/mol. The molecule has 1 amide bonds. The Balaban J connectivity index is 1.72. The third-order valence-corrected chi connectivity index (χ3v) is 6.22. The van der Waals surface area contributed by atoms with E-state index in [-0.39, 0.29) is 17.4 Å². The molecular weight excluding hydrogens is 436 g/mol. The van der Waals surface area contributed by atoms with Crippen LogP contribution in [0, 0.1) is 20.8 Å². The smallest absolute Gasteiger partial charge is 0.262 e. The van der Waals surface area contributed by atoms with Crippen LogP contribution < -0.4 is 14.8 Å². The van der Waals surface area contributed by atoms with Crippen LogP contribution in [0.2, 0.25) is 5.02 Å². The fourth-order valence-corrected chi connectivity index (χ4v) is 4.04. The highest BCUT2D eigenvalue weighted by molar-refractivity contribution is 7.92. The summed E-state index contributed by atoms with van der Waals surface area (Å²) in [5.74, 6) is 0.250. The zero-order valence-corrected chi connectivity index (χ0v) is 19.0. The second-order valence-electron chi connectivity index (χ2n) is 7.19. The van der Waals surface area contributed by atoms with Gasteiger partial charge in [0.05, 0.1) is 4.90 Å². The molecule has 0 unspecified atom stereocenters. The van der Waals surface area contributed by atoms with Gasteiger partial charge in [0.2, 0.25) is 0 Å². The number of rotatable bonds is 7. The number of ether oxygens (including phenoxy) is 1. The molecule has 3 rings (SSSR count). The van der Waals surface area contributed by atoms with Crippen molar-refractivity contribution in [2.45, 2.75) is 25.7 Å². The predicted octanol–water partition coefficient (Wildman–Crippen LogP) is 5.08. The minimum atomic E-state index is -3.84. The summed E-state index contributed by atoms with van der Waals surface area (Å²) in [6.07, 6.45) is 0. The van der Waals surface area contributed by atoms with Crippen molar-refractivity contribution in [2.75, 3.05) is 16.6 Å². The number of hydrogen-bond donors (Lipinski definition) is 2. The maximum absolute atomic E-state index is 12.7. The topological polar surface area (TPSA) is 84.5 Å².